The SMILES string of the molecule is C[Si](C)(C)CNc1nc(Cl)nc2c1ncn2[C@@H]1O[C@H](CO)[C@@H](O)[C@H]1F. The molecule has 25 heavy (non-hydrogen) atoms. The van der Waals surface area contributed by atoms with E-state index in [0.29, 0.717) is 17.0 Å². The predicted octanol–water partition coefficient (Wildman–Crippen LogP) is 1.36. The van der Waals surface area contributed by atoms with E-state index in [1.165, 1.54) is 10.9 Å². The number of rotatable bonds is 5. The summed E-state index contributed by atoms with van der Waals surface area (Å²) in [6.07, 6.45) is -3.15. The van der Waals surface area contributed by atoms with Gasteiger partial charge in [-0.05, 0) is 11.6 Å². The maximum atomic E-state index is 14.4. The molecule has 1 aliphatic rings. The molecule has 1 fully saturated rings. The van der Waals surface area contributed by atoms with Crippen LogP contribution in [0.25, 0.3) is 11.2 Å². The third-order valence-corrected chi connectivity index (χ3v) is 5.33. The van der Waals surface area contributed by atoms with Gasteiger partial charge in [0.25, 0.3) is 0 Å². The third kappa shape index (κ3) is 3.63. The average molecular weight is 390 g/mol. The maximum absolute atomic E-state index is 14.4. The molecule has 0 unspecified atom stereocenters. The second-order valence-electron chi connectivity index (χ2n) is 7.26. The number of aromatic nitrogens is 4. The number of aliphatic hydroxyl groups is 2. The molecule has 138 valence electrons. The van der Waals surface area contributed by atoms with Crippen molar-refractivity contribution in [2.24, 2.45) is 0 Å². The van der Waals surface area contributed by atoms with Gasteiger partial charge in [0.2, 0.25) is 5.28 Å². The topological polar surface area (TPSA) is 105 Å². The number of hydrogen-bond donors (Lipinski definition) is 3. The van der Waals surface area contributed by atoms with Gasteiger partial charge in [0, 0.05) is 6.17 Å². The lowest BCUT2D eigenvalue weighted by molar-refractivity contribution is -0.0459. The van der Waals surface area contributed by atoms with Crippen molar-refractivity contribution < 1.29 is 19.3 Å². The van der Waals surface area contributed by atoms with Gasteiger partial charge < -0.3 is 20.3 Å². The van der Waals surface area contributed by atoms with E-state index in [2.05, 4.69) is 39.9 Å². The molecule has 0 radical (unpaired) electrons. The van der Waals surface area contributed by atoms with Crippen molar-refractivity contribution in [3.63, 3.8) is 0 Å². The van der Waals surface area contributed by atoms with Gasteiger partial charge >= 0.3 is 0 Å². The number of nitrogens with one attached hydrogen (secondary N) is 1. The van der Waals surface area contributed by atoms with Gasteiger partial charge in [-0.1, -0.05) is 19.6 Å². The fourth-order valence-electron chi connectivity index (χ4n) is 2.63. The van der Waals surface area contributed by atoms with E-state index < -0.39 is 39.3 Å². The summed E-state index contributed by atoms with van der Waals surface area (Å²) in [4.78, 5) is 12.6. The number of nitrogens with zero attached hydrogens (tertiary/aromatic N) is 4. The van der Waals surface area contributed by atoms with Crippen LogP contribution in [0, 0.1) is 0 Å². The maximum Gasteiger partial charge on any atom is 0.226 e. The lowest BCUT2D eigenvalue weighted by Crippen LogP contribution is -2.31. The Bertz CT molecular complexity index is 771. The monoisotopic (exact) mass is 389 g/mol. The average Bonchev–Trinajstić information content (AvgIpc) is 3.06. The standard InChI is InChI=1S/C14H21ClFN5O3Si/c1-25(2,3)6-18-11-9-12(20-14(15)19-11)21(5-17-9)13-8(16)10(23)7(4-22)24-13/h5,7-8,10,13,22-23H,4,6H2,1-3H3,(H,18,19,20)/t7-,8-,10-,13-/m1/s1. The molecule has 2 aromatic heterocycles. The van der Waals surface area contributed by atoms with E-state index in [1.54, 1.807) is 0 Å². The van der Waals surface area contributed by atoms with E-state index in [0.717, 1.165) is 6.17 Å². The van der Waals surface area contributed by atoms with E-state index in [1.807, 2.05) is 0 Å². The molecule has 0 bridgehead atoms. The highest BCUT2D eigenvalue weighted by Crippen LogP contribution is 2.34. The van der Waals surface area contributed by atoms with E-state index in [-0.39, 0.29) is 5.28 Å². The van der Waals surface area contributed by atoms with Gasteiger partial charge in [-0.3, -0.25) is 4.57 Å². The molecule has 2 aromatic rings. The van der Waals surface area contributed by atoms with Crippen LogP contribution in [-0.2, 0) is 4.74 Å². The number of aliphatic hydroxyl groups excluding tert-OH is 2. The van der Waals surface area contributed by atoms with Crippen molar-refractivity contribution in [1.82, 2.24) is 19.5 Å². The summed E-state index contributed by atoms with van der Waals surface area (Å²) in [5.74, 6) is 0.476. The molecule has 0 saturated carbocycles. The van der Waals surface area contributed by atoms with Crippen molar-refractivity contribution in [2.75, 3.05) is 18.1 Å². The molecule has 1 aliphatic heterocycles. The largest absolute Gasteiger partial charge is 0.394 e. The van der Waals surface area contributed by atoms with Crippen LogP contribution < -0.4 is 5.32 Å². The summed E-state index contributed by atoms with van der Waals surface area (Å²) < 4.78 is 21.2. The van der Waals surface area contributed by atoms with Crippen LogP contribution in [0.2, 0.25) is 24.9 Å². The Morgan fingerprint density at radius 2 is 2.12 bits per heavy atom. The second kappa shape index (κ2) is 6.76. The zero-order chi connectivity index (χ0) is 18.4. The fourth-order valence-corrected chi connectivity index (χ4v) is 3.49. The Kier molecular flexibility index (Phi) is 4.99. The van der Waals surface area contributed by atoms with Crippen LogP contribution in [0.1, 0.15) is 6.23 Å². The molecule has 11 heteroatoms. The predicted molar refractivity (Wildman–Crippen MR) is 94.1 cm³/mol. The second-order valence-corrected chi connectivity index (χ2v) is 13.1. The van der Waals surface area contributed by atoms with Crippen molar-refractivity contribution in [2.45, 2.75) is 44.2 Å². The molecule has 4 atom stereocenters. The normalized spacial score (nSPS) is 27.2. The first-order valence-corrected chi connectivity index (χ1v) is 12.0. The van der Waals surface area contributed by atoms with E-state index >= 15 is 0 Å². The summed E-state index contributed by atoms with van der Waals surface area (Å²) in [6, 6.07) is 0. The van der Waals surface area contributed by atoms with Crippen molar-refractivity contribution >= 4 is 36.7 Å². The molecule has 3 heterocycles. The number of fused-ring (bicyclic) bond motifs is 1. The van der Waals surface area contributed by atoms with Crippen molar-refractivity contribution in [3.05, 3.63) is 11.6 Å². The first kappa shape index (κ1) is 18.5. The third-order valence-electron chi connectivity index (χ3n) is 3.93. The minimum Gasteiger partial charge on any atom is -0.394 e. The van der Waals surface area contributed by atoms with Crippen LogP contribution in [0.5, 0.6) is 0 Å². The van der Waals surface area contributed by atoms with Gasteiger partial charge in [-0.15, -0.1) is 0 Å². The molecular weight excluding hydrogens is 369 g/mol. The summed E-state index contributed by atoms with van der Waals surface area (Å²) >= 11 is 6.01. The molecule has 3 N–H and O–H groups in total. The summed E-state index contributed by atoms with van der Waals surface area (Å²) in [7, 11) is -1.39. The molecule has 0 spiro atoms. The Labute approximate surface area is 150 Å². The van der Waals surface area contributed by atoms with Crippen LogP contribution in [-0.4, -0.2) is 69.0 Å². The van der Waals surface area contributed by atoms with E-state index in [9.17, 15) is 14.6 Å². The zero-order valence-electron chi connectivity index (χ0n) is 14.1. The summed E-state index contributed by atoms with van der Waals surface area (Å²) in [6.45, 7) is 6.13. The van der Waals surface area contributed by atoms with Gasteiger partial charge in [0.1, 0.15) is 12.2 Å². The van der Waals surface area contributed by atoms with Crippen LogP contribution in [0.15, 0.2) is 6.33 Å². The smallest absolute Gasteiger partial charge is 0.226 e. The highest BCUT2D eigenvalue weighted by atomic mass is 35.5. The highest BCUT2D eigenvalue weighted by molar-refractivity contribution is 6.76. The Hall–Kier alpha value is -1.33. The summed E-state index contributed by atoms with van der Waals surface area (Å²) in [5.41, 5.74) is 0.747. The fraction of sp³-hybridized carbons (Fsp3) is 0.643. The Morgan fingerprint density at radius 3 is 2.72 bits per heavy atom. The Morgan fingerprint density at radius 1 is 1.40 bits per heavy atom. The molecular formula is C14H21ClFN5O3Si. The van der Waals surface area contributed by atoms with Crippen LogP contribution >= 0.6 is 11.6 Å². The molecule has 0 aromatic carbocycles. The number of ether oxygens (including phenoxy) is 1. The number of anilines is 1. The van der Waals surface area contributed by atoms with Gasteiger partial charge in [-0.25, -0.2) is 9.37 Å². The van der Waals surface area contributed by atoms with Gasteiger partial charge in [0.05, 0.1) is 21.0 Å². The molecule has 0 amide bonds. The first-order chi connectivity index (χ1) is 11.7. The van der Waals surface area contributed by atoms with Crippen LogP contribution in [0.3, 0.4) is 0 Å². The van der Waals surface area contributed by atoms with Crippen molar-refractivity contribution in [1.29, 1.82) is 0 Å². The lowest BCUT2D eigenvalue weighted by Gasteiger charge is -2.18. The number of hydrogen-bond acceptors (Lipinski definition) is 7. The number of alkyl halides is 1. The minimum absolute atomic E-state index is 0.0000115. The highest BCUT2D eigenvalue weighted by Gasteiger charge is 2.45. The van der Waals surface area contributed by atoms with Crippen LogP contribution in [0.4, 0.5) is 10.2 Å². The molecule has 3 rings (SSSR count). The minimum atomic E-state index is -1.72. The summed E-state index contributed by atoms with van der Waals surface area (Å²) in [5, 5.41) is 22.2. The number of imidazole rings is 1. The molecule has 1 saturated heterocycles. The van der Waals surface area contributed by atoms with Crippen molar-refractivity contribution in [3.8, 4) is 0 Å². The number of halogens is 2. The molecule has 0 aliphatic carbocycles. The van der Waals surface area contributed by atoms with Gasteiger partial charge in [-0.2, -0.15) is 9.97 Å². The zero-order valence-corrected chi connectivity index (χ0v) is 15.9. The quantitative estimate of drug-likeness (QED) is 0.523. The first-order valence-electron chi connectivity index (χ1n) is 7.93. The molecule has 8 nitrogen and oxygen atoms in total. The lowest BCUT2D eigenvalue weighted by atomic mass is 10.1. The van der Waals surface area contributed by atoms with E-state index in [4.69, 9.17) is 16.3 Å². The van der Waals surface area contributed by atoms with Gasteiger partial charge in [0.15, 0.2) is 29.4 Å². The Balaban J connectivity index is 1.98.